The van der Waals surface area contributed by atoms with Crippen molar-refractivity contribution in [3.05, 3.63) is 23.2 Å². The second kappa shape index (κ2) is 2.17. The predicted octanol–water partition coefficient (Wildman–Crippen LogP) is 1.18. The Kier molecular flexibility index (Phi) is 1.49. The highest BCUT2D eigenvalue weighted by molar-refractivity contribution is 5.93. The number of nitrogens with two attached hydrogens (primary N) is 1. The predicted molar refractivity (Wildman–Crippen MR) is 39.2 cm³/mol. The third-order valence-electron chi connectivity index (χ3n) is 1.29. The molecule has 0 aliphatic rings. The van der Waals surface area contributed by atoms with E-state index in [0.717, 1.165) is 11.3 Å². The monoisotopic (exact) mass is 138 g/mol. The number of rotatable bonds is 1. The molecule has 3 N–H and O–H groups in total. The fraction of sp³-hybridized carbons (Fsp3) is 0.286. The molecule has 0 fully saturated rings. The van der Waals surface area contributed by atoms with E-state index in [-0.39, 0.29) is 5.84 Å². The van der Waals surface area contributed by atoms with Crippen LogP contribution in [0.4, 0.5) is 0 Å². The van der Waals surface area contributed by atoms with Gasteiger partial charge < -0.3 is 10.2 Å². The molecule has 0 radical (unpaired) electrons. The molecule has 1 rings (SSSR count). The second-order valence-electron chi connectivity index (χ2n) is 2.28. The maximum atomic E-state index is 7.07. The van der Waals surface area contributed by atoms with Crippen LogP contribution in [0, 0.1) is 19.3 Å². The lowest BCUT2D eigenvalue weighted by Crippen LogP contribution is -2.10. The Bertz CT molecular complexity index is 263. The van der Waals surface area contributed by atoms with Gasteiger partial charge in [-0.2, -0.15) is 0 Å². The summed E-state index contributed by atoms with van der Waals surface area (Å²) in [6, 6.07) is 1.86. The quantitative estimate of drug-likeness (QED) is 0.452. The molecule has 1 heterocycles. The Morgan fingerprint density at radius 1 is 1.60 bits per heavy atom. The summed E-state index contributed by atoms with van der Waals surface area (Å²) in [6.45, 7) is 3.70. The number of nitrogen functional groups attached to an aromatic ring is 1. The van der Waals surface area contributed by atoms with E-state index in [2.05, 4.69) is 0 Å². The average Bonchev–Trinajstić information content (AvgIpc) is 2.10. The molecule has 0 bridgehead atoms. The van der Waals surface area contributed by atoms with Crippen molar-refractivity contribution in [2.24, 2.45) is 5.73 Å². The van der Waals surface area contributed by atoms with Crippen LogP contribution in [0.25, 0.3) is 0 Å². The molecule has 0 aliphatic heterocycles. The van der Waals surface area contributed by atoms with Crippen molar-refractivity contribution < 1.29 is 4.42 Å². The summed E-state index contributed by atoms with van der Waals surface area (Å²) in [6.07, 6.45) is 0. The van der Waals surface area contributed by atoms with Gasteiger partial charge in [-0.25, -0.2) is 0 Å². The summed E-state index contributed by atoms with van der Waals surface area (Å²) >= 11 is 0. The summed E-state index contributed by atoms with van der Waals surface area (Å²) in [5.41, 5.74) is 6.14. The van der Waals surface area contributed by atoms with Crippen LogP contribution in [-0.4, -0.2) is 5.84 Å². The van der Waals surface area contributed by atoms with Crippen molar-refractivity contribution in [3.8, 4) is 0 Å². The maximum absolute atomic E-state index is 7.07. The zero-order valence-corrected chi connectivity index (χ0v) is 6.06. The van der Waals surface area contributed by atoms with E-state index in [4.69, 9.17) is 15.6 Å². The number of furan rings is 1. The summed E-state index contributed by atoms with van der Waals surface area (Å²) in [5, 5.41) is 7.07. The first-order valence-corrected chi connectivity index (χ1v) is 3.02. The van der Waals surface area contributed by atoms with Crippen molar-refractivity contribution in [1.29, 1.82) is 5.41 Å². The molecule has 0 unspecified atom stereocenters. The van der Waals surface area contributed by atoms with Crippen LogP contribution in [0.15, 0.2) is 10.5 Å². The van der Waals surface area contributed by atoms with Crippen molar-refractivity contribution in [2.45, 2.75) is 13.8 Å². The average molecular weight is 138 g/mol. The fourth-order valence-corrected chi connectivity index (χ4v) is 0.909. The Morgan fingerprint density at radius 2 is 2.20 bits per heavy atom. The van der Waals surface area contributed by atoms with E-state index in [1.165, 1.54) is 0 Å². The fourth-order valence-electron chi connectivity index (χ4n) is 0.909. The molecular weight excluding hydrogens is 128 g/mol. The molecule has 1 aromatic heterocycles. The molecule has 0 saturated carbocycles. The molecule has 54 valence electrons. The number of aryl methyl sites for hydroxylation is 2. The minimum atomic E-state index is -0.00870. The van der Waals surface area contributed by atoms with Crippen LogP contribution in [0.2, 0.25) is 0 Å². The van der Waals surface area contributed by atoms with Gasteiger partial charge in [0.25, 0.3) is 0 Å². The number of nitrogens with one attached hydrogen (secondary N) is 1. The standard InChI is InChI=1S/C7H10N2O/c1-4-3-5(2)10-6(4)7(8)9/h3H,1-2H3,(H3,8,9). The Morgan fingerprint density at radius 3 is 2.40 bits per heavy atom. The number of amidine groups is 1. The van der Waals surface area contributed by atoms with Crippen molar-refractivity contribution >= 4 is 5.84 Å². The van der Waals surface area contributed by atoms with E-state index < -0.39 is 0 Å². The first kappa shape index (κ1) is 6.86. The summed E-state index contributed by atoms with van der Waals surface area (Å²) in [7, 11) is 0. The van der Waals surface area contributed by atoms with Gasteiger partial charge in [-0.15, -0.1) is 0 Å². The van der Waals surface area contributed by atoms with Crippen molar-refractivity contribution in [2.75, 3.05) is 0 Å². The van der Waals surface area contributed by atoms with Crippen LogP contribution in [-0.2, 0) is 0 Å². The molecule has 0 aromatic carbocycles. The summed E-state index contributed by atoms with van der Waals surface area (Å²) in [5.74, 6) is 1.27. The molecule has 3 heteroatoms. The van der Waals surface area contributed by atoms with E-state index in [1.807, 2.05) is 19.9 Å². The highest BCUT2D eigenvalue weighted by Crippen LogP contribution is 2.11. The summed E-state index contributed by atoms with van der Waals surface area (Å²) in [4.78, 5) is 0. The minimum Gasteiger partial charge on any atom is -0.458 e. The Balaban J connectivity index is 3.15. The first-order valence-electron chi connectivity index (χ1n) is 3.02. The van der Waals surface area contributed by atoms with Gasteiger partial charge in [-0.3, -0.25) is 5.41 Å². The maximum Gasteiger partial charge on any atom is 0.171 e. The zero-order valence-electron chi connectivity index (χ0n) is 6.06. The molecular formula is C7H10N2O. The van der Waals surface area contributed by atoms with E-state index in [1.54, 1.807) is 0 Å². The molecule has 1 aromatic rings. The van der Waals surface area contributed by atoms with Crippen LogP contribution in [0.3, 0.4) is 0 Å². The topological polar surface area (TPSA) is 63.0 Å². The molecule has 0 saturated heterocycles. The van der Waals surface area contributed by atoms with Gasteiger partial charge in [0.05, 0.1) is 0 Å². The van der Waals surface area contributed by atoms with Gasteiger partial charge in [-0.05, 0) is 25.5 Å². The molecule has 0 amide bonds. The smallest absolute Gasteiger partial charge is 0.171 e. The first-order chi connectivity index (χ1) is 4.61. The van der Waals surface area contributed by atoms with Gasteiger partial charge in [0.1, 0.15) is 5.76 Å². The van der Waals surface area contributed by atoms with E-state index in [0.29, 0.717) is 5.76 Å². The SMILES string of the molecule is Cc1cc(C)c(C(=N)N)o1. The Labute approximate surface area is 59.3 Å². The van der Waals surface area contributed by atoms with E-state index in [9.17, 15) is 0 Å². The van der Waals surface area contributed by atoms with E-state index >= 15 is 0 Å². The van der Waals surface area contributed by atoms with Crippen molar-refractivity contribution in [1.82, 2.24) is 0 Å². The van der Waals surface area contributed by atoms with Gasteiger partial charge in [0.15, 0.2) is 11.6 Å². The third-order valence-corrected chi connectivity index (χ3v) is 1.29. The van der Waals surface area contributed by atoms with Gasteiger partial charge in [-0.1, -0.05) is 0 Å². The van der Waals surface area contributed by atoms with Crippen LogP contribution < -0.4 is 5.73 Å². The van der Waals surface area contributed by atoms with Crippen molar-refractivity contribution in [3.63, 3.8) is 0 Å². The Hall–Kier alpha value is -1.25. The summed E-state index contributed by atoms with van der Waals surface area (Å²) < 4.78 is 5.13. The molecule has 0 atom stereocenters. The van der Waals surface area contributed by atoms with Gasteiger partial charge >= 0.3 is 0 Å². The van der Waals surface area contributed by atoms with Crippen LogP contribution in [0.5, 0.6) is 0 Å². The van der Waals surface area contributed by atoms with Crippen LogP contribution in [0.1, 0.15) is 17.1 Å². The van der Waals surface area contributed by atoms with Gasteiger partial charge in [0, 0.05) is 0 Å². The lowest BCUT2D eigenvalue weighted by Gasteiger charge is -1.91. The van der Waals surface area contributed by atoms with Gasteiger partial charge in [0.2, 0.25) is 0 Å². The van der Waals surface area contributed by atoms with Crippen LogP contribution >= 0.6 is 0 Å². The second-order valence-corrected chi connectivity index (χ2v) is 2.28. The largest absolute Gasteiger partial charge is 0.458 e. The highest BCUT2D eigenvalue weighted by Gasteiger charge is 2.05. The highest BCUT2D eigenvalue weighted by atomic mass is 16.3. The zero-order chi connectivity index (χ0) is 7.72. The molecule has 0 spiro atoms. The third kappa shape index (κ3) is 1.03. The molecule has 0 aliphatic carbocycles. The molecule has 10 heavy (non-hydrogen) atoms. The lowest BCUT2D eigenvalue weighted by molar-refractivity contribution is 0.523. The number of hydrogen-bond donors (Lipinski definition) is 2. The lowest BCUT2D eigenvalue weighted by atomic mass is 10.2. The minimum absolute atomic E-state index is 0.00870. The molecule has 3 nitrogen and oxygen atoms in total. The normalized spacial score (nSPS) is 9.80. The number of hydrogen-bond acceptors (Lipinski definition) is 2.